The van der Waals surface area contributed by atoms with Gasteiger partial charge in [-0.1, -0.05) is 19.8 Å². The van der Waals surface area contributed by atoms with E-state index < -0.39 is 12.0 Å². The summed E-state index contributed by atoms with van der Waals surface area (Å²) < 4.78 is 10.9. The number of rotatable bonds is 6. The van der Waals surface area contributed by atoms with E-state index in [1.54, 1.807) is 12.1 Å². The molecule has 2 N–H and O–H groups in total. The summed E-state index contributed by atoms with van der Waals surface area (Å²) in [6.45, 7) is 3.12. The minimum absolute atomic E-state index is 0.522. The summed E-state index contributed by atoms with van der Waals surface area (Å²) in [7, 11) is 0. The Bertz CT molecular complexity index is 447. The summed E-state index contributed by atoms with van der Waals surface area (Å²) in [5.41, 5.74) is 0.743. The molecule has 1 aromatic rings. The number of carbonyl (C=O) groups is 1. The maximum absolute atomic E-state index is 11.2. The van der Waals surface area contributed by atoms with Gasteiger partial charge in [0.1, 0.15) is 19.3 Å². The highest BCUT2D eigenvalue weighted by atomic mass is 16.6. The van der Waals surface area contributed by atoms with Crippen molar-refractivity contribution in [3.05, 3.63) is 18.2 Å². The highest BCUT2D eigenvalue weighted by Gasteiger charge is 2.18. The first-order valence-electron chi connectivity index (χ1n) is 6.59. The minimum atomic E-state index is -0.830. The Hall–Kier alpha value is -1.91. The van der Waals surface area contributed by atoms with E-state index in [9.17, 15) is 9.90 Å². The number of ether oxygens (including phenoxy) is 2. The number of nitrogens with one attached hydrogen (secondary N) is 1. The third kappa shape index (κ3) is 3.53. The van der Waals surface area contributed by atoms with Crippen LogP contribution in [0.1, 0.15) is 26.2 Å². The molecule has 2 rings (SSSR count). The van der Waals surface area contributed by atoms with Gasteiger partial charge in [0.25, 0.3) is 0 Å². The van der Waals surface area contributed by atoms with Crippen molar-refractivity contribution >= 4 is 11.7 Å². The van der Waals surface area contributed by atoms with Gasteiger partial charge in [0.15, 0.2) is 11.5 Å². The summed E-state index contributed by atoms with van der Waals surface area (Å²) in [4.78, 5) is 11.2. The fourth-order valence-electron chi connectivity index (χ4n) is 2.00. The first-order valence-corrected chi connectivity index (χ1v) is 6.59. The van der Waals surface area contributed by atoms with E-state index in [1.165, 1.54) is 0 Å². The fourth-order valence-corrected chi connectivity index (χ4v) is 2.00. The largest absolute Gasteiger partial charge is 0.486 e. The van der Waals surface area contributed by atoms with E-state index in [4.69, 9.17) is 9.47 Å². The summed E-state index contributed by atoms with van der Waals surface area (Å²) in [6, 6.07) is 4.84. The SMILES string of the molecule is CCCCC(Nc1ccc2c(c1)OCCO2)C(=O)O. The van der Waals surface area contributed by atoms with Crippen LogP contribution in [0.4, 0.5) is 5.69 Å². The van der Waals surface area contributed by atoms with Gasteiger partial charge in [-0.25, -0.2) is 4.79 Å². The molecule has 5 nitrogen and oxygen atoms in total. The second kappa shape index (κ2) is 6.31. The van der Waals surface area contributed by atoms with Crippen LogP contribution in [-0.2, 0) is 4.79 Å². The number of anilines is 1. The average Bonchev–Trinajstić information content (AvgIpc) is 2.43. The standard InChI is InChI=1S/C14H19NO4/c1-2-3-4-11(14(16)17)15-10-5-6-12-13(9-10)19-8-7-18-12/h5-6,9,11,15H,2-4,7-8H2,1H3,(H,16,17). The third-order valence-electron chi connectivity index (χ3n) is 3.03. The summed E-state index contributed by atoms with van der Waals surface area (Å²) in [6.07, 6.45) is 2.47. The van der Waals surface area contributed by atoms with Crippen molar-refractivity contribution in [3.8, 4) is 11.5 Å². The van der Waals surface area contributed by atoms with E-state index in [0.29, 0.717) is 31.1 Å². The zero-order valence-corrected chi connectivity index (χ0v) is 11.0. The van der Waals surface area contributed by atoms with Crippen LogP contribution in [-0.4, -0.2) is 30.3 Å². The maximum Gasteiger partial charge on any atom is 0.326 e. The number of carboxylic acids is 1. The van der Waals surface area contributed by atoms with Crippen LogP contribution in [0.3, 0.4) is 0 Å². The van der Waals surface area contributed by atoms with Crippen LogP contribution in [0.5, 0.6) is 11.5 Å². The van der Waals surface area contributed by atoms with Crippen molar-refractivity contribution in [2.24, 2.45) is 0 Å². The van der Waals surface area contributed by atoms with Crippen molar-refractivity contribution < 1.29 is 19.4 Å². The number of aliphatic carboxylic acids is 1. The van der Waals surface area contributed by atoms with Gasteiger partial charge >= 0.3 is 5.97 Å². The van der Waals surface area contributed by atoms with E-state index in [0.717, 1.165) is 18.5 Å². The molecule has 0 radical (unpaired) electrons. The quantitative estimate of drug-likeness (QED) is 0.827. The normalized spacial score (nSPS) is 14.8. The molecule has 0 aromatic heterocycles. The molecule has 0 aliphatic carbocycles. The van der Waals surface area contributed by atoms with Crippen molar-refractivity contribution in [2.75, 3.05) is 18.5 Å². The Balaban J connectivity index is 2.06. The minimum Gasteiger partial charge on any atom is -0.486 e. The molecule has 1 aliphatic rings. The molecule has 0 fully saturated rings. The Kier molecular flexibility index (Phi) is 4.49. The van der Waals surface area contributed by atoms with Gasteiger partial charge in [-0.05, 0) is 18.6 Å². The smallest absolute Gasteiger partial charge is 0.326 e. The number of hydrogen-bond acceptors (Lipinski definition) is 4. The van der Waals surface area contributed by atoms with Gasteiger partial charge in [-0.3, -0.25) is 0 Å². The van der Waals surface area contributed by atoms with Crippen LogP contribution in [0, 0.1) is 0 Å². The Labute approximate surface area is 112 Å². The van der Waals surface area contributed by atoms with Crippen molar-refractivity contribution in [1.29, 1.82) is 0 Å². The van der Waals surface area contributed by atoms with Crippen molar-refractivity contribution in [3.63, 3.8) is 0 Å². The molecule has 0 spiro atoms. The zero-order chi connectivity index (χ0) is 13.7. The van der Waals surface area contributed by atoms with Crippen molar-refractivity contribution in [2.45, 2.75) is 32.2 Å². The molecule has 1 aromatic carbocycles. The maximum atomic E-state index is 11.2. The van der Waals surface area contributed by atoms with E-state index in [1.807, 2.05) is 13.0 Å². The highest BCUT2D eigenvalue weighted by molar-refractivity contribution is 5.77. The number of hydrogen-bond donors (Lipinski definition) is 2. The molecule has 1 atom stereocenters. The van der Waals surface area contributed by atoms with E-state index >= 15 is 0 Å². The van der Waals surface area contributed by atoms with Crippen LogP contribution < -0.4 is 14.8 Å². The summed E-state index contributed by atoms with van der Waals surface area (Å²) in [5.74, 6) is 0.538. The lowest BCUT2D eigenvalue weighted by Gasteiger charge is -2.20. The van der Waals surface area contributed by atoms with Crippen LogP contribution in [0.25, 0.3) is 0 Å². The molecule has 1 unspecified atom stereocenters. The number of unbranched alkanes of at least 4 members (excludes halogenated alkanes) is 1. The third-order valence-corrected chi connectivity index (χ3v) is 3.03. The van der Waals surface area contributed by atoms with Gasteiger partial charge in [0.2, 0.25) is 0 Å². The summed E-state index contributed by atoms with van der Waals surface area (Å²) in [5, 5.41) is 12.2. The van der Waals surface area contributed by atoms with Gasteiger partial charge in [0.05, 0.1) is 0 Å². The average molecular weight is 265 g/mol. The van der Waals surface area contributed by atoms with Gasteiger partial charge in [0, 0.05) is 11.8 Å². The van der Waals surface area contributed by atoms with E-state index in [2.05, 4.69) is 5.32 Å². The lowest BCUT2D eigenvalue weighted by molar-refractivity contribution is -0.138. The molecule has 1 aliphatic heterocycles. The Morgan fingerprint density at radius 3 is 2.79 bits per heavy atom. The first-order chi connectivity index (χ1) is 9.20. The molecule has 0 saturated heterocycles. The Morgan fingerprint density at radius 1 is 1.37 bits per heavy atom. The molecule has 0 bridgehead atoms. The topological polar surface area (TPSA) is 67.8 Å². The van der Waals surface area contributed by atoms with Crippen LogP contribution >= 0.6 is 0 Å². The van der Waals surface area contributed by atoms with Gasteiger partial charge < -0.3 is 19.9 Å². The number of carboxylic acid groups (broad SMARTS) is 1. The van der Waals surface area contributed by atoms with Crippen LogP contribution in [0.15, 0.2) is 18.2 Å². The Morgan fingerprint density at radius 2 is 2.11 bits per heavy atom. The second-order valence-corrected chi connectivity index (χ2v) is 4.54. The molecule has 19 heavy (non-hydrogen) atoms. The molecule has 5 heteroatoms. The summed E-state index contributed by atoms with van der Waals surface area (Å²) >= 11 is 0. The first kappa shape index (κ1) is 13.5. The monoisotopic (exact) mass is 265 g/mol. The van der Waals surface area contributed by atoms with Crippen LogP contribution in [0.2, 0.25) is 0 Å². The second-order valence-electron chi connectivity index (χ2n) is 4.54. The van der Waals surface area contributed by atoms with Crippen molar-refractivity contribution in [1.82, 2.24) is 0 Å². The molecule has 0 saturated carbocycles. The molecule has 1 heterocycles. The molecule has 0 amide bonds. The lowest BCUT2D eigenvalue weighted by atomic mass is 10.1. The van der Waals surface area contributed by atoms with E-state index in [-0.39, 0.29) is 0 Å². The predicted molar refractivity (Wildman–Crippen MR) is 72.0 cm³/mol. The molecule has 104 valence electrons. The molecular formula is C14H19NO4. The number of fused-ring (bicyclic) bond motifs is 1. The zero-order valence-electron chi connectivity index (χ0n) is 11.0. The van der Waals surface area contributed by atoms with Gasteiger partial charge in [-0.2, -0.15) is 0 Å². The lowest BCUT2D eigenvalue weighted by Crippen LogP contribution is -2.29. The predicted octanol–water partition coefficient (Wildman–Crippen LogP) is 2.51. The fraction of sp³-hybridized carbons (Fsp3) is 0.500. The number of benzene rings is 1. The molecular weight excluding hydrogens is 246 g/mol. The van der Waals surface area contributed by atoms with Gasteiger partial charge in [-0.15, -0.1) is 0 Å². The highest BCUT2D eigenvalue weighted by Crippen LogP contribution is 2.32.